The van der Waals surface area contributed by atoms with Crippen LogP contribution in [-0.2, 0) is 0 Å². The Morgan fingerprint density at radius 3 is 2.82 bits per heavy atom. The molecular weight excluding hydrogens is 224 g/mol. The van der Waals surface area contributed by atoms with Crippen molar-refractivity contribution in [3.05, 3.63) is 22.5 Å². The second-order valence-corrected chi connectivity index (χ2v) is 4.14. The zero-order chi connectivity index (χ0) is 12.3. The Morgan fingerprint density at radius 2 is 2.24 bits per heavy atom. The molecule has 2 rings (SSSR count). The zero-order valence-corrected chi connectivity index (χ0v) is 9.32. The minimum Gasteiger partial charge on any atom is -0.396 e. The van der Waals surface area contributed by atoms with Gasteiger partial charge in [0, 0.05) is 19.7 Å². The van der Waals surface area contributed by atoms with Gasteiger partial charge in [0.25, 0.3) is 0 Å². The topological polar surface area (TPSA) is 92.4 Å². The first-order valence-corrected chi connectivity index (χ1v) is 5.53. The van der Waals surface area contributed by atoms with Gasteiger partial charge in [0.1, 0.15) is 12.4 Å². The van der Waals surface area contributed by atoms with Crippen LogP contribution in [0.5, 0.6) is 0 Å². The van der Waals surface area contributed by atoms with Gasteiger partial charge in [0.05, 0.1) is 4.92 Å². The second kappa shape index (κ2) is 5.05. The largest absolute Gasteiger partial charge is 0.396 e. The Bertz CT molecular complexity index is 395. The van der Waals surface area contributed by atoms with E-state index < -0.39 is 4.92 Å². The smallest absolute Gasteiger partial charge is 0.305 e. The highest BCUT2D eigenvalue weighted by molar-refractivity contribution is 5.34. The van der Waals surface area contributed by atoms with Gasteiger partial charge in [-0.25, -0.2) is 9.97 Å². The molecule has 0 aliphatic carbocycles. The van der Waals surface area contributed by atoms with E-state index in [1.807, 2.05) is 4.90 Å². The lowest BCUT2D eigenvalue weighted by Crippen LogP contribution is -2.37. The van der Waals surface area contributed by atoms with Gasteiger partial charge in [-0.3, -0.25) is 10.1 Å². The summed E-state index contributed by atoms with van der Waals surface area (Å²) in [4.78, 5) is 19.9. The second-order valence-electron chi connectivity index (χ2n) is 4.14. The molecule has 0 radical (unpaired) electrons. The molecule has 1 aromatic heterocycles. The van der Waals surface area contributed by atoms with Crippen molar-refractivity contribution in [2.24, 2.45) is 5.92 Å². The van der Waals surface area contributed by atoms with Crippen molar-refractivity contribution in [3.8, 4) is 0 Å². The average Bonchev–Trinajstić information content (AvgIpc) is 2.39. The van der Waals surface area contributed by atoms with Crippen LogP contribution in [0.15, 0.2) is 12.4 Å². The number of hydrogen-bond donors (Lipinski definition) is 1. The molecule has 1 fully saturated rings. The van der Waals surface area contributed by atoms with Gasteiger partial charge >= 0.3 is 5.69 Å². The fraction of sp³-hybridized carbons (Fsp3) is 0.600. The molecular formula is C10H14N4O3. The van der Waals surface area contributed by atoms with Crippen LogP contribution in [-0.4, -0.2) is 39.7 Å². The minimum absolute atomic E-state index is 0.107. The van der Waals surface area contributed by atoms with Crippen LogP contribution in [0, 0.1) is 16.0 Å². The molecule has 0 aromatic carbocycles. The fourth-order valence-electron chi connectivity index (χ4n) is 1.97. The van der Waals surface area contributed by atoms with Gasteiger partial charge in [-0.15, -0.1) is 0 Å². The zero-order valence-electron chi connectivity index (χ0n) is 9.32. The molecule has 17 heavy (non-hydrogen) atoms. The van der Waals surface area contributed by atoms with Gasteiger partial charge in [-0.05, 0) is 18.8 Å². The van der Waals surface area contributed by atoms with Crippen LogP contribution < -0.4 is 4.90 Å². The average molecular weight is 238 g/mol. The van der Waals surface area contributed by atoms with Crippen molar-refractivity contribution in [1.29, 1.82) is 0 Å². The summed E-state index contributed by atoms with van der Waals surface area (Å²) in [6.45, 7) is 1.69. The Morgan fingerprint density at radius 1 is 1.53 bits per heavy atom. The maximum Gasteiger partial charge on any atom is 0.305 e. The van der Waals surface area contributed by atoms with Gasteiger partial charge in [-0.2, -0.15) is 0 Å². The number of hydrogen-bond acceptors (Lipinski definition) is 6. The molecule has 0 spiro atoms. The van der Waals surface area contributed by atoms with E-state index in [1.54, 1.807) is 0 Å². The molecule has 92 valence electrons. The molecule has 1 aliphatic heterocycles. The van der Waals surface area contributed by atoms with Crippen LogP contribution in [0.3, 0.4) is 0 Å². The van der Waals surface area contributed by atoms with Crippen LogP contribution >= 0.6 is 0 Å². The predicted octanol–water partition coefficient (Wildman–Crippen LogP) is 0.593. The number of anilines is 1. The molecule has 7 heteroatoms. The van der Waals surface area contributed by atoms with Crippen molar-refractivity contribution >= 4 is 11.6 Å². The van der Waals surface area contributed by atoms with E-state index in [4.69, 9.17) is 5.11 Å². The summed E-state index contributed by atoms with van der Waals surface area (Å²) in [5.41, 5.74) is -0.107. The molecule has 0 bridgehead atoms. The maximum absolute atomic E-state index is 10.5. The van der Waals surface area contributed by atoms with Crippen molar-refractivity contribution in [2.45, 2.75) is 12.8 Å². The molecule has 1 N–H and O–H groups in total. The van der Waals surface area contributed by atoms with Crippen LogP contribution in [0.25, 0.3) is 0 Å². The van der Waals surface area contributed by atoms with E-state index in [2.05, 4.69) is 9.97 Å². The number of rotatable bonds is 3. The van der Waals surface area contributed by atoms with Crippen LogP contribution in [0.1, 0.15) is 12.8 Å². The monoisotopic (exact) mass is 238 g/mol. The Balaban J connectivity index is 2.08. The lowest BCUT2D eigenvalue weighted by molar-refractivity contribution is -0.385. The third-order valence-corrected chi connectivity index (χ3v) is 2.90. The van der Waals surface area contributed by atoms with E-state index >= 15 is 0 Å². The summed E-state index contributed by atoms with van der Waals surface area (Å²) in [5, 5.41) is 19.6. The standard InChI is InChI=1S/C10H14N4O3/c15-7-8-2-1-3-13(6-8)10-11-4-9(5-12-10)14(16)17/h4-5,8,15H,1-3,6-7H2. The number of aromatic nitrogens is 2. The fourth-order valence-corrected chi connectivity index (χ4v) is 1.97. The molecule has 1 aliphatic rings. The van der Waals surface area contributed by atoms with Crippen molar-refractivity contribution in [3.63, 3.8) is 0 Å². The maximum atomic E-state index is 10.5. The minimum atomic E-state index is -0.517. The number of aliphatic hydroxyl groups excluding tert-OH is 1. The van der Waals surface area contributed by atoms with Crippen LogP contribution in [0.2, 0.25) is 0 Å². The quantitative estimate of drug-likeness (QED) is 0.612. The highest BCUT2D eigenvalue weighted by atomic mass is 16.6. The SMILES string of the molecule is O=[N+]([O-])c1cnc(N2CCCC(CO)C2)nc1. The van der Waals surface area contributed by atoms with E-state index in [9.17, 15) is 10.1 Å². The Labute approximate surface area is 98.3 Å². The summed E-state index contributed by atoms with van der Waals surface area (Å²) in [5.74, 6) is 0.733. The molecule has 1 atom stereocenters. The van der Waals surface area contributed by atoms with E-state index in [-0.39, 0.29) is 18.2 Å². The highest BCUT2D eigenvalue weighted by Crippen LogP contribution is 2.20. The summed E-state index contributed by atoms with van der Waals surface area (Å²) in [6.07, 6.45) is 4.40. The molecule has 1 aromatic rings. The van der Waals surface area contributed by atoms with Crippen molar-refractivity contribution < 1.29 is 10.0 Å². The lowest BCUT2D eigenvalue weighted by atomic mass is 9.99. The Hall–Kier alpha value is -1.76. The van der Waals surface area contributed by atoms with E-state index in [1.165, 1.54) is 12.4 Å². The van der Waals surface area contributed by atoms with E-state index in [0.29, 0.717) is 12.5 Å². The van der Waals surface area contributed by atoms with E-state index in [0.717, 1.165) is 19.4 Å². The van der Waals surface area contributed by atoms with Crippen molar-refractivity contribution in [2.75, 3.05) is 24.6 Å². The van der Waals surface area contributed by atoms with Gasteiger partial charge in [0.15, 0.2) is 0 Å². The summed E-state index contributed by atoms with van der Waals surface area (Å²) < 4.78 is 0. The summed E-state index contributed by atoms with van der Waals surface area (Å²) >= 11 is 0. The molecule has 7 nitrogen and oxygen atoms in total. The lowest BCUT2D eigenvalue weighted by Gasteiger charge is -2.31. The first-order chi connectivity index (χ1) is 8.20. The summed E-state index contributed by atoms with van der Waals surface area (Å²) in [7, 11) is 0. The Kier molecular flexibility index (Phi) is 3.48. The molecule has 0 saturated carbocycles. The number of piperidine rings is 1. The normalized spacial score (nSPS) is 20.3. The first-order valence-electron chi connectivity index (χ1n) is 5.53. The summed E-state index contributed by atoms with van der Waals surface area (Å²) in [6, 6.07) is 0. The van der Waals surface area contributed by atoms with Crippen molar-refractivity contribution in [1.82, 2.24) is 9.97 Å². The number of nitro groups is 1. The van der Waals surface area contributed by atoms with Gasteiger partial charge in [0.2, 0.25) is 5.95 Å². The van der Waals surface area contributed by atoms with Gasteiger partial charge < -0.3 is 10.0 Å². The molecule has 2 heterocycles. The van der Waals surface area contributed by atoms with Gasteiger partial charge in [-0.1, -0.05) is 0 Å². The molecule has 1 saturated heterocycles. The first kappa shape index (κ1) is 11.7. The number of nitrogens with zero attached hydrogens (tertiary/aromatic N) is 4. The number of aliphatic hydroxyl groups is 1. The third kappa shape index (κ3) is 2.68. The highest BCUT2D eigenvalue weighted by Gasteiger charge is 2.21. The molecule has 1 unspecified atom stereocenters. The predicted molar refractivity (Wildman–Crippen MR) is 60.7 cm³/mol. The third-order valence-electron chi connectivity index (χ3n) is 2.90. The molecule has 0 amide bonds. The van der Waals surface area contributed by atoms with Crippen LogP contribution in [0.4, 0.5) is 11.6 Å².